The second kappa shape index (κ2) is 7.17. The summed E-state index contributed by atoms with van der Waals surface area (Å²) in [5.74, 6) is -0.522. The van der Waals surface area contributed by atoms with Gasteiger partial charge in [-0.3, -0.25) is 4.79 Å². The summed E-state index contributed by atoms with van der Waals surface area (Å²) in [6.07, 6.45) is 0. The Morgan fingerprint density at radius 1 is 1.30 bits per heavy atom. The van der Waals surface area contributed by atoms with Gasteiger partial charge in [0, 0.05) is 21.5 Å². The number of rotatable bonds is 5. The van der Waals surface area contributed by atoms with Crippen molar-refractivity contribution < 1.29 is 18.7 Å². The summed E-state index contributed by atoms with van der Waals surface area (Å²) in [6, 6.07) is 5.51. The molecule has 2 aromatic rings. The number of hydrogen-bond donors (Lipinski definition) is 1. The van der Waals surface area contributed by atoms with Crippen LogP contribution in [0.25, 0.3) is 11.0 Å². The first kappa shape index (κ1) is 17.5. The second-order valence-corrected chi connectivity index (χ2v) is 6.79. The van der Waals surface area contributed by atoms with E-state index in [0.29, 0.717) is 17.1 Å². The van der Waals surface area contributed by atoms with Crippen LogP contribution in [-0.4, -0.2) is 24.5 Å². The van der Waals surface area contributed by atoms with Gasteiger partial charge in [-0.25, -0.2) is 4.79 Å². The van der Waals surface area contributed by atoms with Crippen LogP contribution in [0.4, 0.5) is 0 Å². The van der Waals surface area contributed by atoms with Gasteiger partial charge in [-0.1, -0.05) is 29.8 Å². The molecule has 1 aromatic carbocycles. The van der Waals surface area contributed by atoms with Crippen molar-refractivity contribution in [3.05, 3.63) is 34.0 Å². The van der Waals surface area contributed by atoms with Gasteiger partial charge in [-0.05, 0) is 38.0 Å². The number of furan rings is 1. The molecule has 0 aliphatic rings. The minimum atomic E-state index is -0.637. The Bertz CT molecular complexity index is 736. The molecule has 0 fully saturated rings. The van der Waals surface area contributed by atoms with Crippen molar-refractivity contribution in [3.63, 3.8) is 0 Å². The van der Waals surface area contributed by atoms with Gasteiger partial charge >= 0.3 is 5.97 Å². The van der Waals surface area contributed by atoms with Gasteiger partial charge in [0.25, 0.3) is 5.91 Å². The fourth-order valence-corrected chi connectivity index (χ4v) is 2.41. The molecule has 1 aromatic heterocycles. The van der Waals surface area contributed by atoms with E-state index in [1.807, 2.05) is 32.9 Å². The molecule has 23 heavy (non-hydrogen) atoms. The molecular weight excluding hydrogens is 362 g/mol. The van der Waals surface area contributed by atoms with E-state index in [9.17, 15) is 9.59 Å². The Hall–Kier alpha value is -1.82. The van der Waals surface area contributed by atoms with Crippen molar-refractivity contribution in [2.45, 2.75) is 33.7 Å². The van der Waals surface area contributed by atoms with Crippen molar-refractivity contribution in [2.24, 2.45) is 5.92 Å². The Labute approximate surface area is 143 Å². The Morgan fingerprint density at radius 2 is 2.00 bits per heavy atom. The van der Waals surface area contributed by atoms with Crippen LogP contribution in [0.2, 0.25) is 0 Å². The number of benzene rings is 1. The quantitative estimate of drug-likeness (QED) is 0.799. The lowest BCUT2D eigenvalue weighted by molar-refractivity contribution is -0.125. The van der Waals surface area contributed by atoms with Crippen molar-refractivity contribution in [1.82, 2.24) is 5.32 Å². The summed E-state index contributed by atoms with van der Waals surface area (Å²) in [5, 5.41) is 3.62. The molecule has 1 amide bonds. The highest BCUT2D eigenvalue weighted by Crippen LogP contribution is 2.28. The van der Waals surface area contributed by atoms with E-state index in [0.717, 1.165) is 9.86 Å². The summed E-state index contributed by atoms with van der Waals surface area (Å²) in [6.45, 7) is 7.39. The van der Waals surface area contributed by atoms with Gasteiger partial charge in [-0.15, -0.1) is 0 Å². The highest BCUT2D eigenvalue weighted by Gasteiger charge is 2.20. The first-order chi connectivity index (χ1) is 10.8. The maximum Gasteiger partial charge on any atom is 0.375 e. The van der Waals surface area contributed by atoms with Gasteiger partial charge in [0.15, 0.2) is 6.61 Å². The van der Waals surface area contributed by atoms with Crippen LogP contribution in [0.3, 0.4) is 0 Å². The topological polar surface area (TPSA) is 68.5 Å². The van der Waals surface area contributed by atoms with Gasteiger partial charge < -0.3 is 14.5 Å². The van der Waals surface area contributed by atoms with Crippen LogP contribution < -0.4 is 5.32 Å². The van der Waals surface area contributed by atoms with E-state index < -0.39 is 5.97 Å². The monoisotopic (exact) mass is 381 g/mol. The predicted octanol–water partition coefficient (Wildman–Crippen LogP) is 3.82. The Kier molecular flexibility index (Phi) is 5.46. The zero-order valence-corrected chi connectivity index (χ0v) is 15.2. The Morgan fingerprint density at radius 3 is 2.65 bits per heavy atom. The van der Waals surface area contributed by atoms with Crippen molar-refractivity contribution in [2.75, 3.05) is 6.61 Å². The third-order valence-corrected chi connectivity index (χ3v) is 4.30. The lowest BCUT2D eigenvalue weighted by Gasteiger charge is -2.17. The highest BCUT2D eigenvalue weighted by molar-refractivity contribution is 9.10. The van der Waals surface area contributed by atoms with Crippen LogP contribution in [0.5, 0.6) is 0 Å². The van der Waals surface area contributed by atoms with Crippen molar-refractivity contribution in [1.29, 1.82) is 0 Å². The summed E-state index contributed by atoms with van der Waals surface area (Å²) < 4.78 is 11.5. The third kappa shape index (κ3) is 4.13. The number of ether oxygens (including phenoxy) is 1. The number of carbonyl (C=O) groups excluding carboxylic acids is 2. The molecule has 1 unspecified atom stereocenters. The molecule has 0 aliphatic heterocycles. The molecule has 0 saturated carbocycles. The smallest absolute Gasteiger partial charge is 0.375 e. The number of carbonyl (C=O) groups is 2. The number of halogens is 1. The molecule has 1 N–H and O–H groups in total. The van der Waals surface area contributed by atoms with Crippen LogP contribution in [-0.2, 0) is 9.53 Å². The molecule has 5 nitrogen and oxygen atoms in total. The average Bonchev–Trinajstić information content (AvgIpc) is 2.81. The van der Waals surface area contributed by atoms with Crippen LogP contribution in [0.1, 0.15) is 36.9 Å². The number of esters is 1. The van der Waals surface area contributed by atoms with Gasteiger partial charge in [-0.2, -0.15) is 0 Å². The summed E-state index contributed by atoms with van der Waals surface area (Å²) >= 11 is 3.39. The molecule has 0 saturated heterocycles. The lowest BCUT2D eigenvalue weighted by atomic mass is 10.1. The number of hydrogen-bond acceptors (Lipinski definition) is 4. The predicted molar refractivity (Wildman–Crippen MR) is 91.4 cm³/mol. The first-order valence-electron chi connectivity index (χ1n) is 7.44. The van der Waals surface area contributed by atoms with E-state index in [1.165, 1.54) is 0 Å². The molecular formula is C17H20BrNO4. The Balaban J connectivity index is 2.04. The average molecular weight is 382 g/mol. The van der Waals surface area contributed by atoms with Gasteiger partial charge in [0.05, 0.1) is 0 Å². The second-order valence-electron chi connectivity index (χ2n) is 5.87. The van der Waals surface area contributed by atoms with Crippen molar-refractivity contribution >= 4 is 38.8 Å². The maximum atomic E-state index is 12.1. The molecule has 124 valence electrons. The molecule has 6 heteroatoms. The molecule has 2 rings (SSSR count). The molecule has 0 spiro atoms. The summed E-state index contributed by atoms with van der Waals surface area (Å²) in [5.41, 5.74) is 1.30. The SMILES string of the molecule is Cc1c(C(=O)OCC(=O)NC(C)C(C)C)oc2ccc(Br)cc12. The maximum absolute atomic E-state index is 12.1. The van der Waals surface area contributed by atoms with Crippen LogP contribution in [0.15, 0.2) is 27.1 Å². The number of aryl methyl sites for hydroxylation is 1. The highest BCUT2D eigenvalue weighted by atomic mass is 79.9. The number of fused-ring (bicyclic) bond motifs is 1. The zero-order valence-electron chi connectivity index (χ0n) is 13.6. The normalized spacial score (nSPS) is 12.4. The van der Waals surface area contributed by atoms with E-state index >= 15 is 0 Å². The van der Waals surface area contributed by atoms with Crippen LogP contribution >= 0.6 is 15.9 Å². The third-order valence-electron chi connectivity index (χ3n) is 3.81. The molecule has 0 bridgehead atoms. The van der Waals surface area contributed by atoms with E-state index in [1.54, 1.807) is 13.0 Å². The number of nitrogens with one attached hydrogen (secondary N) is 1. The lowest BCUT2D eigenvalue weighted by Crippen LogP contribution is -2.38. The fraction of sp³-hybridized carbons (Fsp3) is 0.412. The van der Waals surface area contributed by atoms with Gasteiger partial charge in [0.1, 0.15) is 5.58 Å². The molecule has 1 heterocycles. The summed E-state index contributed by atoms with van der Waals surface area (Å²) in [7, 11) is 0. The molecule has 1 atom stereocenters. The molecule has 0 radical (unpaired) electrons. The standard InChI is InChI=1S/C17H20BrNO4/c1-9(2)11(4)19-15(20)8-22-17(21)16-10(3)13-7-12(18)5-6-14(13)23-16/h5-7,9,11H,8H2,1-4H3,(H,19,20). The van der Waals surface area contributed by atoms with Crippen molar-refractivity contribution in [3.8, 4) is 0 Å². The minimum absolute atomic E-state index is 0.0199. The van der Waals surface area contributed by atoms with E-state index in [4.69, 9.17) is 9.15 Å². The van der Waals surface area contributed by atoms with Crippen LogP contribution in [0, 0.1) is 12.8 Å². The first-order valence-corrected chi connectivity index (χ1v) is 8.24. The van der Waals surface area contributed by atoms with E-state index in [2.05, 4.69) is 21.2 Å². The fourth-order valence-electron chi connectivity index (χ4n) is 2.05. The molecule has 0 aliphatic carbocycles. The largest absolute Gasteiger partial charge is 0.450 e. The minimum Gasteiger partial charge on any atom is -0.450 e. The van der Waals surface area contributed by atoms with E-state index in [-0.39, 0.29) is 24.3 Å². The number of amides is 1. The zero-order chi connectivity index (χ0) is 17.1. The summed E-state index contributed by atoms with van der Waals surface area (Å²) in [4.78, 5) is 23.9. The van der Waals surface area contributed by atoms with Gasteiger partial charge in [0.2, 0.25) is 5.76 Å².